The highest BCUT2D eigenvalue weighted by molar-refractivity contribution is 5.15. The Morgan fingerprint density at radius 1 is 1.40 bits per heavy atom. The van der Waals surface area contributed by atoms with Crippen LogP contribution in [-0.4, -0.2) is 0 Å². The Balaban J connectivity index is 2.77. The molecule has 0 saturated heterocycles. The summed E-state index contributed by atoms with van der Waals surface area (Å²) in [6.45, 7) is 6.66. The third-order valence-electron chi connectivity index (χ3n) is 2.81. The first-order chi connectivity index (χ1) is 4.63. The molecule has 0 aliphatic heterocycles. The Labute approximate surface area is 63.3 Å². The fourth-order valence-corrected chi connectivity index (χ4v) is 1.53. The maximum atomic E-state index is 5.89. The first-order valence-electron chi connectivity index (χ1n) is 4.08. The molecule has 1 aliphatic rings. The average molecular weight is 139 g/mol. The van der Waals surface area contributed by atoms with E-state index in [-0.39, 0.29) is 0 Å². The van der Waals surface area contributed by atoms with Crippen molar-refractivity contribution in [3.63, 3.8) is 0 Å². The standard InChI is InChI=1S/C9H17N/c1-6-4-5-7(2)9(10)8(6)3/h6,8H,4-5,10H2,1-3H3. The van der Waals surface area contributed by atoms with E-state index in [2.05, 4.69) is 20.8 Å². The van der Waals surface area contributed by atoms with E-state index < -0.39 is 0 Å². The Morgan fingerprint density at radius 3 is 2.50 bits per heavy atom. The van der Waals surface area contributed by atoms with Crippen LogP contribution in [-0.2, 0) is 0 Å². The molecule has 1 aliphatic carbocycles. The van der Waals surface area contributed by atoms with Crippen LogP contribution in [0.15, 0.2) is 11.3 Å². The molecular weight excluding hydrogens is 122 g/mol. The molecule has 0 fully saturated rings. The van der Waals surface area contributed by atoms with Crippen molar-refractivity contribution in [2.75, 3.05) is 0 Å². The lowest BCUT2D eigenvalue weighted by Gasteiger charge is -2.27. The van der Waals surface area contributed by atoms with Crippen molar-refractivity contribution in [1.29, 1.82) is 0 Å². The predicted molar refractivity (Wildman–Crippen MR) is 44.4 cm³/mol. The fraction of sp³-hybridized carbons (Fsp3) is 0.778. The Hall–Kier alpha value is -0.460. The van der Waals surface area contributed by atoms with Gasteiger partial charge >= 0.3 is 0 Å². The van der Waals surface area contributed by atoms with E-state index in [4.69, 9.17) is 5.73 Å². The van der Waals surface area contributed by atoms with E-state index in [1.807, 2.05) is 0 Å². The van der Waals surface area contributed by atoms with E-state index in [0.717, 1.165) is 11.6 Å². The summed E-state index contributed by atoms with van der Waals surface area (Å²) in [5.41, 5.74) is 8.44. The predicted octanol–water partition coefficient (Wildman–Crippen LogP) is 2.29. The molecule has 0 spiro atoms. The molecule has 0 aromatic heterocycles. The van der Waals surface area contributed by atoms with Crippen molar-refractivity contribution in [3.05, 3.63) is 11.3 Å². The molecule has 0 radical (unpaired) electrons. The summed E-state index contributed by atoms with van der Waals surface area (Å²) in [5.74, 6) is 1.39. The molecule has 58 valence electrons. The molecular formula is C9H17N. The second-order valence-corrected chi connectivity index (χ2v) is 3.54. The van der Waals surface area contributed by atoms with Gasteiger partial charge in [-0.1, -0.05) is 19.4 Å². The van der Waals surface area contributed by atoms with Crippen LogP contribution in [0.3, 0.4) is 0 Å². The topological polar surface area (TPSA) is 26.0 Å². The SMILES string of the molecule is CC1=C(N)C(C)C(C)CC1. The third kappa shape index (κ3) is 1.18. The van der Waals surface area contributed by atoms with Gasteiger partial charge in [0.2, 0.25) is 0 Å². The normalized spacial score (nSPS) is 34.7. The van der Waals surface area contributed by atoms with Gasteiger partial charge in [-0.3, -0.25) is 0 Å². The minimum absolute atomic E-state index is 0.605. The molecule has 2 atom stereocenters. The number of nitrogens with two attached hydrogens (primary N) is 1. The van der Waals surface area contributed by atoms with Crippen LogP contribution in [0.1, 0.15) is 33.6 Å². The monoisotopic (exact) mass is 139 g/mol. The quantitative estimate of drug-likeness (QED) is 0.547. The highest BCUT2D eigenvalue weighted by atomic mass is 14.6. The minimum atomic E-state index is 0.605. The summed E-state index contributed by atoms with van der Waals surface area (Å²) in [7, 11) is 0. The molecule has 0 aromatic rings. The van der Waals surface area contributed by atoms with Crippen LogP contribution in [0.2, 0.25) is 0 Å². The summed E-state index contributed by atoms with van der Waals surface area (Å²) in [6.07, 6.45) is 2.52. The van der Waals surface area contributed by atoms with Gasteiger partial charge in [-0.15, -0.1) is 0 Å². The van der Waals surface area contributed by atoms with E-state index in [9.17, 15) is 0 Å². The summed E-state index contributed by atoms with van der Waals surface area (Å²) < 4.78 is 0. The first-order valence-corrected chi connectivity index (χ1v) is 4.08. The fourth-order valence-electron chi connectivity index (χ4n) is 1.53. The Morgan fingerprint density at radius 2 is 2.00 bits per heavy atom. The molecule has 1 rings (SSSR count). The van der Waals surface area contributed by atoms with Crippen molar-refractivity contribution in [2.24, 2.45) is 17.6 Å². The molecule has 0 bridgehead atoms. The summed E-state index contributed by atoms with van der Waals surface area (Å²) in [6, 6.07) is 0. The van der Waals surface area contributed by atoms with E-state index in [1.165, 1.54) is 18.4 Å². The molecule has 2 unspecified atom stereocenters. The van der Waals surface area contributed by atoms with Crippen molar-refractivity contribution < 1.29 is 0 Å². The zero-order valence-electron chi connectivity index (χ0n) is 7.15. The number of hydrogen-bond donors (Lipinski definition) is 1. The van der Waals surface area contributed by atoms with Crippen molar-refractivity contribution >= 4 is 0 Å². The van der Waals surface area contributed by atoms with Gasteiger partial charge in [-0.05, 0) is 31.6 Å². The van der Waals surface area contributed by atoms with Crippen molar-refractivity contribution in [2.45, 2.75) is 33.6 Å². The zero-order chi connectivity index (χ0) is 7.72. The van der Waals surface area contributed by atoms with Crippen LogP contribution in [0.5, 0.6) is 0 Å². The van der Waals surface area contributed by atoms with Gasteiger partial charge in [0.25, 0.3) is 0 Å². The number of allylic oxidation sites excluding steroid dienone is 2. The number of rotatable bonds is 0. The maximum Gasteiger partial charge on any atom is 0.0101 e. The highest BCUT2D eigenvalue weighted by Crippen LogP contribution is 2.30. The molecule has 0 heterocycles. The van der Waals surface area contributed by atoms with Gasteiger partial charge in [-0.2, -0.15) is 0 Å². The molecule has 0 amide bonds. The van der Waals surface area contributed by atoms with Gasteiger partial charge in [0, 0.05) is 5.70 Å². The smallest absolute Gasteiger partial charge is 0.0101 e. The molecule has 1 heteroatoms. The zero-order valence-corrected chi connectivity index (χ0v) is 7.15. The lowest BCUT2D eigenvalue weighted by Crippen LogP contribution is -2.22. The van der Waals surface area contributed by atoms with Gasteiger partial charge in [0.15, 0.2) is 0 Å². The minimum Gasteiger partial charge on any atom is -0.402 e. The first kappa shape index (κ1) is 7.64. The number of hydrogen-bond acceptors (Lipinski definition) is 1. The van der Waals surface area contributed by atoms with E-state index in [0.29, 0.717) is 5.92 Å². The summed E-state index contributed by atoms with van der Waals surface area (Å²) >= 11 is 0. The molecule has 1 nitrogen and oxygen atoms in total. The van der Waals surface area contributed by atoms with Crippen LogP contribution in [0.25, 0.3) is 0 Å². The van der Waals surface area contributed by atoms with Gasteiger partial charge in [-0.25, -0.2) is 0 Å². The van der Waals surface area contributed by atoms with Crippen molar-refractivity contribution in [1.82, 2.24) is 0 Å². The third-order valence-corrected chi connectivity index (χ3v) is 2.81. The average Bonchev–Trinajstić information content (AvgIpc) is 1.93. The lowest BCUT2D eigenvalue weighted by molar-refractivity contribution is 0.380. The lowest BCUT2D eigenvalue weighted by atomic mass is 9.81. The largest absolute Gasteiger partial charge is 0.402 e. The van der Waals surface area contributed by atoms with E-state index in [1.54, 1.807) is 0 Å². The van der Waals surface area contributed by atoms with Crippen molar-refractivity contribution in [3.8, 4) is 0 Å². The Bertz CT molecular complexity index is 158. The van der Waals surface area contributed by atoms with Gasteiger partial charge < -0.3 is 5.73 Å². The van der Waals surface area contributed by atoms with Crippen LogP contribution >= 0.6 is 0 Å². The van der Waals surface area contributed by atoms with Crippen LogP contribution < -0.4 is 5.73 Å². The summed E-state index contributed by atoms with van der Waals surface area (Å²) in [5, 5.41) is 0. The second-order valence-electron chi connectivity index (χ2n) is 3.54. The molecule has 0 saturated carbocycles. The maximum absolute atomic E-state index is 5.89. The van der Waals surface area contributed by atoms with Gasteiger partial charge in [0.05, 0.1) is 0 Å². The molecule has 0 aromatic carbocycles. The van der Waals surface area contributed by atoms with Crippen LogP contribution in [0, 0.1) is 11.8 Å². The Kier molecular flexibility index (Phi) is 2.02. The molecule has 2 N–H and O–H groups in total. The van der Waals surface area contributed by atoms with E-state index >= 15 is 0 Å². The molecule has 10 heavy (non-hydrogen) atoms. The second kappa shape index (κ2) is 2.65. The van der Waals surface area contributed by atoms with Crippen LogP contribution in [0.4, 0.5) is 0 Å². The highest BCUT2D eigenvalue weighted by Gasteiger charge is 2.20. The van der Waals surface area contributed by atoms with Gasteiger partial charge in [0.1, 0.15) is 0 Å². The summed E-state index contributed by atoms with van der Waals surface area (Å²) in [4.78, 5) is 0.